The van der Waals surface area contributed by atoms with Crippen LogP contribution in [0.3, 0.4) is 0 Å². The Hall–Kier alpha value is -3.04. The Kier molecular flexibility index (Phi) is 6.97. The van der Waals surface area contributed by atoms with Gasteiger partial charge in [-0.3, -0.25) is 9.69 Å². The number of aromatic amines is 1. The van der Waals surface area contributed by atoms with Gasteiger partial charge in [0.1, 0.15) is 5.75 Å². The van der Waals surface area contributed by atoms with E-state index in [0.29, 0.717) is 12.6 Å². The number of benzene rings is 1. The molecule has 0 unspecified atom stereocenters. The van der Waals surface area contributed by atoms with Crippen LogP contribution in [0.15, 0.2) is 46.6 Å². The fourth-order valence-electron chi connectivity index (χ4n) is 5.23. The molecule has 1 atom stereocenters. The molecule has 0 bridgehead atoms. The predicted octanol–water partition coefficient (Wildman–Crippen LogP) is 5.10. The number of fused-ring (bicyclic) bond motifs is 1. The van der Waals surface area contributed by atoms with Crippen molar-refractivity contribution in [3.05, 3.63) is 68.4 Å². The minimum absolute atomic E-state index is 0.0290. The number of nitrogens with zero attached hydrogens (tertiary/aromatic N) is 5. The molecular weight excluding hydrogens is 460 g/mol. The SMILES string of the molecule is COc1ccc2cc(CN(Cc3cccs3)[C@@H](c3nnnn3C3CCCC3)C(C)C)c(=O)[nH]c2c1. The molecule has 1 aromatic carbocycles. The number of pyridine rings is 1. The second kappa shape index (κ2) is 10.3. The van der Waals surface area contributed by atoms with E-state index in [4.69, 9.17) is 4.74 Å². The van der Waals surface area contributed by atoms with E-state index in [1.807, 2.05) is 24.3 Å². The quantitative estimate of drug-likeness (QED) is 0.350. The number of thiophene rings is 1. The van der Waals surface area contributed by atoms with E-state index in [-0.39, 0.29) is 17.5 Å². The molecule has 0 amide bonds. The molecule has 1 saturated carbocycles. The van der Waals surface area contributed by atoms with Gasteiger partial charge in [-0.25, -0.2) is 4.68 Å². The normalized spacial score (nSPS) is 15.5. The highest BCUT2D eigenvalue weighted by molar-refractivity contribution is 7.09. The molecule has 0 aliphatic heterocycles. The Morgan fingerprint density at radius 2 is 2.03 bits per heavy atom. The zero-order valence-corrected chi connectivity index (χ0v) is 21.3. The highest BCUT2D eigenvalue weighted by atomic mass is 32.1. The summed E-state index contributed by atoms with van der Waals surface area (Å²) in [5.74, 6) is 1.87. The van der Waals surface area contributed by atoms with Crippen LogP contribution in [-0.4, -0.2) is 37.2 Å². The first-order valence-electron chi connectivity index (χ1n) is 12.3. The van der Waals surface area contributed by atoms with Gasteiger partial charge in [0.15, 0.2) is 5.82 Å². The second-order valence-corrected chi connectivity index (χ2v) is 10.7. The first-order valence-corrected chi connectivity index (χ1v) is 13.2. The van der Waals surface area contributed by atoms with Crippen molar-refractivity contribution in [1.29, 1.82) is 0 Å². The van der Waals surface area contributed by atoms with Gasteiger partial charge in [-0.2, -0.15) is 0 Å². The van der Waals surface area contributed by atoms with Gasteiger partial charge in [0.25, 0.3) is 5.56 Å². The maximum absolute atomic E-state index is 13.2. The van der Waals surface area contributed by atoms with Crippen molar-refractivity contribution in [1.82, 2.24) is 30.1 Å². The zero-order valence-electron chi connectivity index (χ0n) is 20.5. The Morgan fingerprint density at radius 1 is 1.20 bits per heavy atom. The third-order valence-corrected chi connectivity index (χ3v) is 7.78. The summed E-state index contributed by atoms with van der Waals surface area (Å²) in [4.78, 5) is 19.8. The van der Waals surface area contributed by atoms with Crippen molar-refractivity contribution in [2.45, 2.75) is 64.7 Å². The number of ether oxygens (including phenoxy) is 1. The van der Waals surface area contributed by atoms with Crippen LogP contribution >= 0.6 is 11.3 Å². The van der Waals surface area contributed by atoms with E-state index >= 15 is 0 Å². The first kappa shape index (κ1) is 23.7. The van der Waals surface area contributed by atoms with Gasteiger partial charge in [0.2, 0.25) is 0 Å². The number of methoxy groups -OCH3 is 1. The maximum Gasteiger partial charge on any atom is 0.252 e. The minimum Gasteiger partial charge on any atom is -0.497 e. The van der Waals surface area contributed by atoms with Gasteiger partial charge in [-0.05, 0) is 64.2 Å². The van der Waals surface area contributed by atoms with Crippen molar-refractivity contribution in [3.8, 4) is 5.75 Å². The molecule has 8 nitrogen and oxygen atoms in total. The van der Waals surface area contributed by atoms with Gasteiger partial charge in [0.05, 0.1) is 24.7 Å². The predicted molar refractivity (Wildman–Crippen MR) is 138 cm³/mol. The largest absolute Gasteiger partial charge is 0.497 e. The summed E-state index contributed by atoms with van der Waals surface area (Å²) < 4.78 is 7.37. The van der Waals surface area contributed by atoms with Crippen LogP contribution in [0, 0.1) is 5.92 Å². The smallest absolute Gasteiger partial charge is 0.252 e. The van der Waals surface area contributed by atoms with Crippen LogP contribution in [-0.2, 0) is 13.1 Å². The molecule has 184 valence electrons. The lowest BCUT2D eigenvalue weighted by molar-refractivity contribution is 0.124. The van der Waals surface area contributed by atoms with Crippen molar-refractivity contribution >= 4 is 22.2 Å². The lowest BCUT2D eigenvalue weighted by Crippen LogP contribution is -2.35. The third-order valence-electron chi connectivity index (χ3n) is 6.92. The molecule has 3 aromatic heterocycles. The number of H-pyrrole nitrogens is 1. The van der Waals surface area contributed by atoms with Crippen molar-refractivity contribution in [2.24, 2.45) is 5.92 Å². The maximum atomic E-state index is 13.2. The summed E-state index contributed by atoms with van der Waals surface area (Å²) >= 11 is 1.73. The number of nitrogens with one attached hydrogen (secondary N) is 1. The summed E-state index contributed by atoms with van der Waals surface area (Å²) in [5, 5.41) is 16.1. The lowest BCUT2D eigenvalue weighted by atomic mass is 9.99. The van der Waals surface area contributed by atoms with Crippen molar-refractivity contribution in [2.75, 3.05) is 7.11 Å². The molecule has 5 rings (SSSR count). The highest BCUT2D eigenvalue weighted by Crippen LogP contribution is 2.35. The standard InChI is InChI=1S/C26H32N6O2S/c1-17(2)24(25-28-29-30-32(25)20-7-4-5-8-20)31(16-22-9-6-12-35-22)15-19-13-18-10-11-21(34-3)14-23(18)27-26(19)33/h6,9-14,17,20,24H,4-5,7-8,15-16H2,1-3H3,(H,27,33)/t24-/m1/s1. The summed E-state index contributed by atoms with van der Waals surface area (Å²) in [6, 6.07) is 12.3. The van der Waals surface area contributed by atoms with E-state index in [1.54, 1.807) is 18.4 Å². The molecule has 35 heavy (non-hydrogen) atoms. The van der Waals surface area contributed by atoms with Crippen LogP contribution < -0.4 is 10.3 Å². The number of hydrogen-bond acceptors (Lipinski definition) is 7. The Labute approximate surface area is 208 Å². The van der Waals surface area contributed by atoms with Crippen LogP contribution in [0.2, 0.25) is 0 Å². The van der Waals surface area contributed by atoms with Crippen LogP contribution in [0.5, 0.6) is 5.75 Å². The second-order valence-electron chi connectivity index (χ2n) is 9.67. The van der Waals surface area contributed by atoms with Crippen molar-refractivity contribution in [3.63, 3.8) is 0 Å². The summed E-state index contributed by atoms with van der Waals surface area (Å²) in [6.07, 6.45) is 4.65. The molecule has 1 aliphatic rings. The molecule has 9 heteroatoms. The molecule has 1 N–H and O–H groups in total. The number of hydrogen-bond donors (Lipinski definition) is 1. The molecule has 1 fully saturated rings. The molecule has 4 aromatic rings. The molecular formula is C26H32N6O2S. The van der Waals surface area contributed by atoms with E-state index in [1.165, 1.54) is 17.7 Å². The van der Waals surface area contributed by atoms with Gasteiger partial charge in [-0.15, -0.1) is 16.4 Å². The van der Waals surface area contributed by atoms with Crippen molar-refractivity contribution < 1.29 is 4.74 Å². The van der Waals surface area contributed by atoms with Crippen LogP contribution in [0.25, 0.3) is 10.9 Å². The lowest BCUT2D eigenvalue weighted by Gasteiger charge is -2.33. The summed E-state index contributed by atoms with van der Waals surface area (Å²) in [7, 11) is 1.63. The summed E-state index contributed by atoms with van der Waals surface area (Å²) in [5.41, 5.74) is 1.41. The Morgan fingerprint density at radius 3 is 2.74 bits per heavy atom. The van der Waals surface area contributed by atoms with Crippen LogP contribution in [0.1, 0.15) is 67.9 Å². The number of rotatable bonds is 9. The van der Waals surface area contributed by atoms with Gasteiger partial charge < -0.3 is 9.72 Å². The molecule has 0 radical (unpaired) electrons. The fourth-order valence-corrected chi connectivity index (χ4v) is 5.96. The van der Waals surface area contributed by atoms with E-state index < -0.39 is 0 Å². The van der Waals surface area contributed by atoms with E-state index in [9.17, 15) is 4.79 Å². The Bertz CT molecular complexity index is 1320. The molecule has 0 spiro atoms. The average Bonchev–Trinajstić information content (AvgIpc) is 3.62. The van der Waals surface area contributed by atoms with E-state index in [0.717, 1.165) is 47.4 Å². The third kappa shape index (κ3) is 5.01. The topological polar surface area (TPSA) is 88.9 Å². The average molecular weight is 493 g/mol. The minimum atomic E-state index is -0.0835. The van der Waals surface area contributed by atoms with Gasteiger partial charge in [-0.1, -0.05) is 32.8 Å². The Balaban J connectivity index is 1.54. The number of tetrazole rings is 1. The van der Waals surface area contributed by atoms with Gasteiger partial charge in [0, 0.05) is 29.6 Å². The fraction of sp³-hybridized carbons (Fsp3) is 0.462. The monoisotopic (exact) mass is 492 g/mol. The molecule has 3 heterocycles. The molecule has 0 saturated heterocycles. The zero-order chi connectivity index (χ0) is 24.4. The first-order chi connectivity index (χ1) is 17.0. The van der Waals surface area contributed by atoms with Crippen LogP contribution in [0.4, 0.5) is 0 Å². The highest BCUT2D eigenvalue weighted by Gasteiger charge is 2.32. The van der Waals surface area contributed by atoms with Gasteiger partial charge >= 0.3 is 0 Å². The molecule has 1 aliphatic carbocycles. The van der Waals surface area contributed by atoms with E-state index in [2.05, 4.69) is 61.5 Å². The number of aromatic nitrogens is 5. The summed E-state index contributed by atoms with van der Waals surface area (Å²) in [6.45, 7) is 5.63.